The standard InChI is InChI=1S/C30H44N2O6/c1-3-5-7-14-26(21-24-12-8-6-9-13-24)30(36)38-23-27-15-10-17-32(27)29(35)25(11-4-2)22-28(34)31-16-19-37-20-18-33/h3-4,6,8-9,12-13,25-27,33H,1-2,5,7,10-11,14-23H2,(H,31,34)/t25-,26+,27-/m0/s1. The summed E-state index contributed by atoms with van der Waals surface area (Å²) in [6.07, 6.45) is 8.58. The minimum Gasteiger partial charge on any atom is -0.463 e. The Balaban J connectivity index is 1.93. The van der Waals surface area contributed by atoms with Crippen LogP contribution in [0.1, 0.15) is 50.5 Å². The Morgan fingerprint density at radius 1 is 1.13 bits per heavy atom. The summed E-state index contributed by atoms with van der Waals surface area (Å²) in [5.41, 5.74) is 1.09. The molecule has 0 unspecified atom stereocenters. The third-order valence-electron chi connectivity index (χ3n) is 6.73. The molecule has 0 saturated carbocycles. The van der Waals surface area contributed by atoms with Gasteiger partial charge in [-0.1, -0.05) is 42.5 Å². The van der Waals surface area contributed by atoms with E-state index in [9.17, 15) is 14.4 Å². The van der Waals surface area contributed by atoms with Crippen molar-refractivity contribution in [1.82, 2.24) is 10.2 Å². The number of amides is 2. The number of nitrogens with one attached hydrogen (secondary N) is 1. The van der Waals surface area contributed by atoms with Gasteiger partial charge < -0.3 is 24.8 Å². The van der Waals surface area contributed by atoms with Crippen LogP contribution in [0.5, 0.6) is 0 Å². The normalized spacial score (nSPS) is 16.4. The molecule has 1 saturated heterocycles. The zero-order valence-electron chi connectivity index (χ0n) is 22.5. The molecule has 2 amide bonds. The van der Waals surface area contributed by atoms with E-state index in [0.29, 0.717) is 39.0 Å². The van der Waals surface area contributed by atoms with Crippen molar-refractivity contribution in [2.75, 3.05) is 39.5 Å². The van der Waals surface area contributed by atoms with Crippen LogP contribution in [0.25, 0.3) is 0 Å². The summed E-state index contributed by atoms with van der Waals surface area (Å²) in [5.74, 6) is -1.35. The molecule has 2 rings (SSSR count). The van der Waals surface area contributed by atoms with E-state index >= 15 is 0 Å². The van der Waals surface area contributed by atoms with Crippen LogP contribution < -0.4 is 5.32 Å². The second-order valence-electron chi connectivity index (χ2n) is 9.68. The average Bonchev–Trinajstić information content (AvgIpc) is 3.40. The Morgan fingerprint density at radius 2 is 1.92 bits per heavy atom. The van der Waals surface area contributed by atoms with Gasteiger partial charge in [0.1, 0.15) is 6.61 Å². The monoisotopic (exact) mass is 528 g/mol. The first kappa shape index (κ1) is 31.2. The van der Waals surface area contributed by atoms with E-state index < -0.39 is 5.92 Å². The number of benzene rings is 1. The molecule has 1 aromatic carbocycles. The lowest BCUT2D eigenvalue weighted by molar-refractivity contribution is -0.152. The molecule has 1 heterocycles. The van der Waals surface area contributed by atoms with E-state index in [1.165, 1.54) is 0 Å². The third kappa shape index (κ3) is 11.2. The molecule has 8 heteroatoms. The molecule has 3 atom stereocenters. The first-order valence-corrected chi connectivity index (χ1v) is 13.7. The van der Waals surface area contributed by atoms with Crippen LogP contribution in [-0.2, 0) is 30.3 Å². The topological polar surface area (TPSA) is 105 Å². The van der Waals surface area contributed by atoms with Crippen molar-refractivity contribution in [3.8, 4) is 0 Å². The number of esters is 1. The second-order valence-corrected chi connectivity index (χ2v) is 9.68. The zero-order chi connectivity index (χ0) is 27.6. The molecule has 1 aliphatic rings. The van der Waals surface area contributed by atoms with Gasteiger partial charge in [-0.15, -0.1) is 13.2 Å². The molecule has 0 radical (unpaired) electrons. The van der Waals surface area contributed by atoms with Crippen LogP contribution in [-0.4, -0.2) is 73.3 Å². The molecule has 0 spiro atoms. The third-order valence-corrected chi connectivity index (χ3v) is 6.73. The van der Waals surface area contributed by atoms with Crippen molar-refractivity contribution in [3.63, 3.8) is 0 Å². The predicted molar refractivity (Wildman–Crippen MR) is 147 cm³/mol. The molecule has 0 bridgehead atoms. The molecular weight excluding hydrogens is 484 g/mol. The fourth-order valence-electron chi connectivity index (χ4n) is 4.74. The Labute approximate surface area is 227 Å². The van der Waals surface area contributed by atoms with E-state index in [4.69, 9.17) is 14.6 Å². The van der Waals surface area contributed by atoms with Crippen LogP contribution in [0.15, 0.2) is 55.6 Å². The predicted octanol–water partition coefficient (Wildman–Crippen LogP) is 3.44. The summed E-state index contributed by atoms with van der Waals surface area (Å²) in [6.45, 7) is 9.02. The number of nitrogens with zero attached hydrogens (tertiary/aromatic N) is 1. The van der Waals surface area contributed by atoms with Crippen LogP contribution >= 0.6 is 0 Å². The molecule has 0 aliphatic carbocycles. The number of carbonyl (C=O) groups is 3. The number of ether oxygens (including phenoxy) is 2. The van der Waals surface area contributed by atoms with Crippen molar-refractivity contribution in [2.24, 2.45) is 11.8 Å². The molecule has 1 fully saturated rings. The van der Waals surface area contributed by atoms with E-state index in [1.807, 2.05) is 36.4 Å². The molecule has 1 aliphatic heterocycles. The van der Waals surface area contributed by atoms with Crippen molar-refractivity contribution >= 4 is 17.8 Å². The summed E-state index contributed by atoms with van der Waals surface area (Å²) < 4.78 is 10.9. The van der Waals surface area contributed by atoms with Crippen LogP contribution in [0.3, 0.4) is 0 Å². The first-order chi connectivity index (χ1) is 18.5. The lowest BCUT2D eigenvalue weighted by Gasteiger charge is -2.28. The molecule has 210 valence electrons. The summed E-state index contributed by atoms with van der Waals surface area (Å²) in [5, 5.41) is 11.5. The zero-order valence-corrected chi connectivity index (χ0v) is 22.5. The lowest BCUT2D eigenvalue weighted by Crippen LogP contribution is -2.43. The number of hydrogen-bond acceptors (Lipinski definition) is 6. The highest BCUT2D eigenvalue weighted by Crippen LogP contribution is 2.24. The number of aliphatic hydroxyl groups is 1. The quantitative estimate of drug-likeness (QED) is 0.162. The number of hydrogen-bond donors (Lipinski definition) is 2. The lowest BCUT2D eigenvalue weighted by atomic mass is 9.94. The molecule has 8 nitrogen and oxygen atoms in total. The Hall–Kier alpha value is -2.97. The molecule has 38 heavy (non-hydrogen) atoms. The van der Waals surface area contributed by atoms with Gasteiger partial charge >= 0.3 is 5.97 Å². The molecule has 1 aromatic rings. The van der Waals surface area contributed by atoms with Crippen LogP contribution in [0, 0.1) is 11.8 Å². The number of carbonyl (C=O) groups excluding carboxylic acids is 3. The summed E-state index contributed by atoms with van der Waals surface area (Å²) in [6, 6.07) is 9.73. The fraction of sp³-hybridized carbons (Fsp3) is 0.567. The van der Waals surface area contributed by atoms with Gasteiger partial charge in [0.15, 0.2) is 0 Å². The second kappa shape index (κ2) is 18.3. The summed E-state index contributed by atoms with van der Waals surface area (Å²) >= 11 is 0. The van der Waals surface area contributed by atoms with Gasteiger partial charge in [0.25, 0.3) is 0 Å². The van der Waals surface area contributed by atoms with Gasteiger partial charge in [0.05, 0.1) is 37.7 Å². The number of rotatable bonds is 19. The molecule has 2 N–H and O–H groups in total. The van der Waals surface area contributed by atoms with Crippen molar-refractivity contribution < 1.29 is 29.0 Å². The number of allylic oxidation sites excluding steroid dienone is 2. The maximum absolute atomic E-state index is 13.4. The minimum atomic E-state index is -0.521. The highest BCUT2D eigenvalue weighted by atomic mass is 16.5. The van der Waals surface area contributed by atoms with E-state index in [1.54, 1.807) is 11.0 Å². The minimum absolute atomic E-state index is 0.0519. The number of likely N-dealkylation sites (tertiary alicyclic amines) is 1. The van der Waals surface area contributed by atoms with Gasteiger partial charge in [-0.25, -0.2) is 0 Å². The summed E-state index contributed by atoms with van der Waals surface area (Å²) in [7, 11) is 0. The Kier molecular flexibility index (Phi) is 15.1. The average molecular weight is 529 g/mol. The van der Waals surface area contributed by atoms with Gasteiger partial charge in [-0.05, 0) is 50.5 Å². The van der Waals surface area contributed by atoms with Gasteiger partial charge in [0, 0.05) is 19.5 Å². The smallest absolute Gasteiger partial charge is 0.309 e. The van der Waals surface area contributed by atoms with E-state index in [-0.39, 0.29) is 56.0 Å². The van der Waals surface area contributed by atoms with Gasteiger partial charge in [0.2, 0.25) is 11.8 Å². The highest BCUT2D eigenvalue weighted by molar-refractivity contribution is 5.86. The maximum Gasteiger partial charge on any atom is 0.309 e. The number of aliphatic hydroxyl groups excluding tert-OH is 1. The van der Waals surface area contributed by atoms with Crippen LogP contribution in [0.2, 0.25) is 0 Å². The largest absolute Gasteiger partial charge is 0.463 e. The van der Waals surface area contributed by atoms with Gasteiger partial charge in [-0.3, -0.25) is 14.4 Å². The molecular formula is C30H44N2O6. The molecule has 0 aromatic heterocycles. The number of unbranched alkanes of at least 4 members (excludes halogenated alkanes) is 1. The summed E-state index contributed by atoms with van der Waals surface area (Å²) in [4.78, 5) is 40.6. The SMILES string of the molecule is C=CCCC[C@H](Cc1ccccc1)C(=O)OC[C@@H]1CCCN1C(=O)[C@@H](CC=C)CC(=O)NCCOCCO. The first-order valence-electron chi connectivity index (χ1n) is 13.7. The highest BCUT2D eigenvalue weighted by Gasteiger charge is 2.34. The van der Waals surface area contributed by atoms with Gasteiger partial charge in [-0.2, -0.15) is 0 Å². The Morgan fingerprint density at radius 3 is 2.63 bits per heavy atom. The fourth-order valence-corrected chi connectivity index (χ4v) is 4.74. The Bertz CT molecular complexity index is 875. The van der Waals surface area contributed by atoms with Crippen molar-refractivity contribution in [2.45, 2.75) is 57.4 Å². The van der Waals surface area contributed by atoms with Crippen LogP contribution in [0.4, 0.5) is 0 Å². The maximum atomic E-state index is 13.4. The van der Waals surface area contributed by atoms with E-state index in [0.717, 1.165) is 31.2 Å². The van der Waals surface area contributed by atoms with Crippen molar-refractivity contribution in [3.05, 3.63) is 61.2 Å². The van der Waals surface area contributed by atoms with Crippen molar-refractivity contribution in [1.29, 1.82) is 0 Å². The van der Waals surface area contributed by atoms with E-state index in [2.05, 4.69) is 18.5 Å².